The Morgan fingerprint density at radius 3 is 2.49 bits per heavy atom. The molecule has 0 aliphatic rings. The molecule has 0 aliphatic carbocycles. The van der Waals surface area contributed by atoms with Crippen LogP contribution < -0.4 is 14.9 Å². The molecule has 12 heteroatoms. The van der Waals surface area contributed by atoms with E-state index in [2.05, 4.69) is 20.0 Å². The number of nitrogens with zero attached hydrogens (tertiary/aromatic N) is 4. The molecule has 0 saturated carbocycles. The van der Waals surface area contributed by atoms with Gasteiger partial charge in [0.1, 0.15) is 22.3 Å². The summed E-state index contributed by atoms with van der Waals surface area (Å²) in [5, 5.41) is 12.9. The van der Waals surface area contributed by atoms with Crippen LogP contribution in [-0.2, 0) is 23.1 Å². The van der Waals surface area contributed by atoms with Crippen molar-refractivity contribution in [2.75, 3.05) is 36.1 Å². The maximum atomic E-state index is 14.7. The highest BCUT2D eigenvalue weighted by molar-refractivity contribution is 7.92. The van der Waals surface area contributed by atoms with Gasteiger partial charge in [-0.05, 0) is 41.8 Å². The first-order valence-electron chi connectivity index (χ1n) is 11.4. The van der Waals surface area contributed by atoms with Crippen LogP contribution in [0.15, 0.2) is 47.5 Å². The van der Waals surface area contributed by atoms with E-state index in [1.165, 1.54) is 0 Å². The summed E-state index contributed by atoms with van der Waals surface area (Å²) in [5.74, 6) is -1.15. The normalized spacial score (nSPS) is 11.5. The molecule has 0 radical (unpaired) electrons. The lowest BCUT2D eigenvalue weighted by Gasteiger charge is -2.21. The van der Waals surface area contributed by atoms with Gasteiger partial charge in [-0.3, -0.25) is 4.72 Å². The molecule has 9 nitrogen and oxygen atoms in total. The van der Waals surface area contributed by atoms with E-state index in [9.17, 15) is 22.3 Å². The van der Waals surface area contributed by atoms with Gasteiger partial charge in [0.05, 0.1) is 12.3 Å². The number of halogens is 2. The van der Waals surface area contributed by atoms with Gasteiger partial charge in [-0.2, -0.15) is 4.98 Å². The molecule has 3 N–H and O–H groups in total. The Morgan fingerprint density at radius 1 is 1.08 bits per heavy atom. The number of aliphatic hydroxyl groups is 1. The van der Waals surface area contributed by atoms with Crippen molar-refractivity contribution >= 4 is 38.5 Å². The molecule has 2 aromatic heterocycles. The molecule has 4 rings (SSSR count). The molecule has 194 valence electrons. The van der Waals surface area contributed by atoms with Gasteiger partial charge in [-0.1, -0.05) is 19.1 Å². The van der Waals surface area contributed by atoms with Gasteiger partial charge < -0.3 is 15.3 Å². The zero-order valence-corrected chi connectivity index (χ0v) is 21.5. The average molecular weight is 529 g/mol. The highest BCUT2D eigenvalue weighted by atomic mass is 32.2. The number of fused-ring (bicyclic) bond motifs is 1. The van der Waals surface area contributed by atoms with Gasteiger partial charge in [0.15, 0.2) is 5.65 Å². The number of hydrogen-bond donors (Lipinski definition) is 3. The minimum absolute atomic E-state index is 0.209. The Morgan fingerprint density at radius 2 is 1.84 bits per heavy atom. The Kier molecular flexibility index (Phi) is 7.23. The minimum atomic E-state index is -4.53. The van der Waals surface area contributed by atoms with E-state index in [0.717, 1.165) is 11.6 Å². The van der Waals surface area contributed by atoms with Crippen molar-refractivity contribution in [3.8, 4) is 11.1 Å². The van der Waals surface area contributed by atoms with Crippen molar-refractivity contribution in [1.29, 1.82) is 0 Å². The Bertz CT molecular complexity index is 1600. The van der Waals surface area contributed by atoms with E-state index in [1.54, 1.807) is 25.4 Å². The summed E-state index contributed by atoms with van der Waals surface area (Å²) in [5.41, 5.74) is 2.29. The van der Waals surface area contributed by atoms with E-state index in [1.807, 2.05) is 38.1 Å². The molecule has 2 heterocycles. The van der Waals surface area contributed by atoms with E-state index in [4.69, 9.17) is 4.98 Å². The molecule has 2 aromatic carbocycles. The predicted octanol–water partition coefficient (Wildman–Crippen LogP) is 3.93. The van der Waals surface area contributed by atoms with Gasteiger partial charge in [-0.15, -0.1) is 0 Å². The number of rotatable bonds is 8. The smallest absolute Gasteiger partial charge is 0.264 e. The zero-order chi connectivity index (χ0) is 26.9. The van der Waals surface area contributed by atoms with Crippen molar-refractivity contribution in [2.45, 2.75) is 24.8 Å². The van der Waals surface area contributed by atoms with Crippen LogP contribution in [-0.4, -0.2) is 49.6 Å². The lowest BCUT2D eigenvalue weighted by Crippen LogP contribution is -2.17. The van der Waals surface area contributed by atoms with Crippen molar-refractivity contribution in [3.05, 3.63) is 65.4 Å². The molecule has 0 unspecified atom stereocenters. The number of aliphatic hydroxyl groups excluding tert-OH is 1. The summed E-state index contributed by atoms with van der Waals surface area (Å²) >= 11 is 0. The Balaban J connectivity index is 1.87. The standard InChI is InChI=1S/C25H26F2N6O3S/c1-5-17-18(19-10-14-12-29-25(28-2)31-23(14)30-24(19)33(3)4)7-6-8-20(17)32-37(35,36)21-11-16(26)9-15(13-34)22(21)27/h6-12,32,34H,5,13H2,1-4H3,(H,28,29,30,31). The monoisotopic (exact) mass is 528 g/mol. The van der Waals surface area contributed by atoms with Crippen LogP contribution in [0.5, 0.6) is 0 Å². The number of anilines is 3. The Hall–Kier alpha value is -3.90. The maximum absolute atomic E-state index is 14.7. The molecular formula is C25H26F2N6O3S. The van der Waals surface area contributed by atoms with E-state index >= 15 is 0 Å². The van der Waals surface area contributed by atoms with Crippen LogP contribution in [0.3, 0.4) is 0 Å². The van der Waals surface area contributed by atoms with Crippen LogP contribution >= 0.6 is 0 Å². The number of sulfonamides is 1. The third-order valence-corrected chi connectivity index (χ3v) is 7.16. The molecular weight excluding hydrogens is 502 g/mol. The summed E-state index contributed by atoms with van der Waals surface area (Å²) in [6.45, 7) is 1.01. The second kappa shape index (κ2) is 10.2. The van der Waals surface area contributed by atoms with Crippen LogP contribution in [0.4, 0.5) is 26.2 Å². The lowest BCUT2D eigenvalue weighted by atomic mass is 9.96. The van der Waals surface area contributed by atoms with E-state index in [-0.39, 0.29) is 5.69 Å². The fourth-order valence-corrected chi connectivity index (χ4v) is 5.28. The van der Waals surface area contributed by atoms with Crippen LogP contribution in [0.2, 0.25) is 0 Å². The van der Waals surface area contributed by atoms with Gasteiger partial charge >= 0.3 is 0 Å². The van der Waals surface area contributed by atoms with Crippen LogP contribution in [0.25, 0.3) is 22.2 Å². The van der Waals surface area contributed by atoms with Crippen molar-refractivity contribution in [2.24, 2.45) is 0 Å². The molecule has 4 aromatic rings. The van der Waals surface area contributed by atoms with Crippen LogP contribution in [0, 0.1) is 11.6 Å². The first-order valence-corrected chi connectivity index (χ1v) is 12.8. The first kappa shape index (κ1) is 26.2. The molecule has 0 atom stereocenters. The largest absolute Gasteiger partial charge is 0.392 e. The lowest BCUT2D eigenvalue weighted by molar-refractivity contribution is 0.273. The fraction of sp³-hybridized carbons (Fsp3) is 0.240. The highest BCUT2D eigenvalue weighted by Crippen LogP contribution is 2.37. The molecule has 0 aliphatic heterocycles. The quantitative estimate of drug-likeness (QED) is 0.315. The summed E-state index contributed by atoms with van der Waals surface area (Å²) in [4.78, 5) is 14.3. The maximum Gasteiger partial charge on any atom is 0.264 e. The number of benzene rings is 2. The SMILES string of the molecule is CCc1c(NS(=O)(=O)c2cc(F)cc(CO)c2F)cccc1-c1cc2cnc(NC)nc2nc1N(C)C. The van der Waals surface area contributed by atoms with Gasteiger partial charge in [0.25, 0.3) is 10.0 Å². The van der Waals surface area contributed by atoms with Gasteiger partial charge in [-0.25, -0.2) is 27.2 Å². The molecule has 0 amide bonds. The van der Waals surface area contributed by atoms with Crippen molar-refractivity contribution in [3.63, 3.8) is 0 Å². The minimum Gasteiger partial charge on any atom is -0.392 e. The fourth-order valence-electron chi connectivity index (χ4n) is 4.06. The highest BCUT2D eigenvalue weighted by Gasteiger charge is 2.25. The van der Waals surface area contributed by atoms with E-state index in [0.29, 0.717) is 46.4 Å². The molecule has 37 heavy (non-hydrogen) atoms. The molecule has 0 saturated heterocycles. The zero-order valence-electron chi connectivity index (χ0n) is 20.7. The van der Waals surface area contributed by atoms with Crippen molar-refractivity contribution in [1.82, 2.24) is 15.0 Å². The number of nitrogens with one attached hydrogen (secondary N) is 2. The number of aromatic nitrogens is 3. The second-order valence-corrected chi connectivity index (χ2v) is 10.1. The predicted molar refractivity (Wildman–Crippen MR) is 139 cm³/mol. The third-order valence-electron chi connectivity index (χ3n) is 5.80. The number of pyridine rings is 1. The molecule has 0 bridgehead atoms. The topological polar surface area (TPSA) is 120 Å². The summed E-state index contributed by atoms with van der Waals surface area (Å²) in [6.07, 6.45) is 2.06. The Labute approximate surface area is 213 Å². The van der Waals surface area contributed by atoms with E-state index < -0.39 is 38.7 Å². The van der Waals surface area contributed by atoms with Gasteiger partial charge in [0.2, 0.25) is 5.95 Å². The first-order chi connectivity index (χ1) is 17.6. The summed E-state index contributed by atoms with van der Waals surface area (Å²) in [7, 11) is 0.852. The summed E-state index contributed by atoms with van der Waals surface area (Å²) in [6, 6.07) is 8.27. The van der Waals surface area contributed by atoms with Crippen molar-refractivity contribution < 1.29 is 22.3 Å². The summed E-state index contributed by atoms with van der Waals surface area (Å²) < 4.78 is 57.4. The third kappa shape index (κ3) is 5.02. The molecule has 0 spiro atoms. The second-order valence-electron chi connectivity index (χ2n) is 8.44. The van der Waals surface area contributed by atoms with Crippen LogP contribution in [0.1, 0.15) is 18.1 Å². The average Bonchev–Trinajstić information content (AvgIpc) is 2.88. The molecule has 0 fully saturated rings. The number of hydrogen-bond acceptors (Lipinski definition) is 8. The van der Waals surface area contributed by atoms with Gasteiger partial charge in [0, 0.05) is 43.9 Å².